The molecule has 0 heterocycles. The Balaban J connectivity index is 2.67. The Morgan fingerprint density at radius 3 is 2.56 bits per heavy atom. The van der Waals surface area contributed by atoms with Gasteiger partial charge in [0.1, 0.15) is 5.75 Å². The number of benzene rings is 1. The predicted molar refractivity (Wildman–Crippen MR) is 73.3 cm³/mol. The third-order valence-corrected chi connectivity index (χ3v) is 4.04. The van der Waals surface area contributed by atoms with E-state index in [0.717, 1.165) is 16.9 Å². The molecule has 1 aromatic rings. The van der Waals surface area contributed by atoms with E-state index in [9.17, 15) is 8.42 Å². The quantitative estimate of drug-likeness (QED) is 0.827. The van der Waals surface area contributed by atoms with Crippen LogP contribution in [0.15, 0.2) is 18.2 Å². The largest absolute Gasteiger partial charge is 0.494 e. The lowest BCUT2D eigenvalue weighted by Gasteiger charge is -2.10. The Kier molecular flexibility index (Phi) is 5.62. The van der Waals surface area contributed by atoms with Crippen molar-refractivity contribution in [2.45, 2.75) is 33.7 Å². The summed E-state index contributed by atoms with van der Waals surface area (Å²) in [5.41, 5.74) is 1.96. The van der Waals surface area contributed by atoms with Crippen molar-refractivity contribution in [1.29, 1.82) is 0 Å². The summed E-state index contributed by atoms with van der Waals surface area (Å²) in [6, 6.07) is 5.70. The molecule has 0 amide bonds. The summed E-state index contributed by atoms with van der Waals surface area (Å²) in [4.78, 5) is 0. The minimum absolute atomic E-state index is 0.170. The van der Waals surface area contributed by atoms with E-state index >= 15 is 0 Å². The van der Waals surface area contributed by atoms with Gasteiger partial charge in [-0.1, -0.05) is 19.1 Å². The molecule has 1 rings (SSSR count). The van der Waals surface area contributed by atoms with Gasteiger partial charge in [0.05, 0.1) is 12.4 Å². The zero-order valence-electron chi connectivity index (χ0n) is 11.2. The van der Waals surface area contributed by atoms with Crippen molar-refractivity contribution in [3.63, 3.8) is 0 Å². The van der Waals surface area contributed by atoms with E-state index in [4.69, 9.17) is 4.74 Å². The van der Waals surface area contributed by atoms with E-state index in [1.54, 1.807) is 0 Å². The summed E-state index contributed by atoms with van der Waals surface area (Å²) in [7, 11) is -3.14. The number of hydrogen-bond acceptors (Lipinski definition) is 3. The lowest BCUT2D eigenvalue weighted by atomic mass is 10.1. The highest BCUT2D eigenvalue weighted by molar-refractivity contribution is 7.89. The lowest BCUT2D eigenvalue weighted by molar-refractivity contribution is 0.338. The molecule has 1 aromatic carbocycles. The van der Waals surface area contributed by atoms with Gasteiger partial charge in [0, 0.05) is 6.54 Å². The number of rotatable bonds is 7. The minimum atomic E-state index is -3.14. The van der Waals surface area contributed by atoms with Crippen molar-refractivity contribution in [1.82, 2.24) is 4.72 Å². The van der Waals surface area contributed by atoms with Crippen LogP contribution in [-0.2, 0) is 16.6 Å². The number of nitrogens with one attached hydrogen (secondary N) is 1. The smallest absolute Gasteiger partial charge is 0.211 e. The average Bonchev–Trinajstić information content (AvgIpc) is 2.30. The molecule has 0 aromatic heterocycles. The van der Waals surface area contributed by atoms with Crippen molar-refractivity contribution in [2.24, 2.45) is 0 Å². The van der Waals surface area contributed by atoms with Gasteiger partial charge in [0.2, 0.25) is 10.0 Å². The topological polar surface area (TPSA) is 55.4 Å². The zero-order chi connectivity index (χ0) is 13.6. The second kappa shape index (κ2) is 6.75. The molecular weight excluding hydrogens is 250 g/mol. The van der Waals surface area contributed by atoms with E-state index in [2.05, 4.69) is 4.72 Å². The third-order valence-electron chi connectivity index (χ3n) is 2.51. The molecule has 102 valence electrons. The molecule has 0 saturated heterocycles. The molecule has 5 heteroatoms. The number of aryl methyl sites for hydroxylation is 1. The maximum absolute atomic E-state index is 11.5. The SMILES string of the molecule is CCCS(=O)(=O)NCc1ccc(OCC)c(C)c1. The summed E-state index contributed by atoms with van der Waals surface area (Å²) in [5, 5.41) is 0. The molecule has 0 aliphatic heterocycles. The second-order valence-electron chi connectivity index (χ2n) is 4.17. The van der Waals surface area contributed by atoms with Crippen LogP contribution in [0.25, 0.3) is 0 Å². The first-order valence-electron chi connectivity index (χ1n) is 6.18. The van der Waals surface area contributed by atoms with Crippen molar-refractivity contribution in [3.8, 4) is 5.75 Å². The average molecular weight is 271 g/mol. The monoisotopic (exact) mass is 271 g/mol. The first-order valence-corrected chi connectivity index (χ1v) is 7.83. The Bertz CT molecular complexity index is 483. The van der Waals surface area contributed by atoms with Crippen LogP contribution < -0.4 is 9.46 Å². The minimum Gasteiger partial charge on any atom is -0.494 e. The van der Waals surface area contributed by atoms with E-state index in [0.29, 0.717) is 19.6 Å². The van der Waals surface area contributed by atoms with Gasteiger partial charge in [-0.15, -0.1) is 0 Å². The fourth-order valence-electron chi connectivity index (χ4n) is 1.67. The van der Waals surface area contributed by atoms with Gasteiger partial charge in [-0.25, -0.2) is 13.1 Å². The van der Waals surface area contributed by atoms with Gasteiger partial charge >= 0.3 is 0 Å². The summed E-state index contributed by atoms with van der Waals surface area (Å²) in [6.07, 6.45) is 0.623. The van der Waals surface area contributed by atoms with Crippen LogP contribution >= 0.6 is 0 Å². The Hall–Kier alpha value is -1.07. The Morgan fingerprint density at radius 1 is 1.28 bits per heavy atom. The van der Waals surface area contributed by atoms with Crippen LogP contribution in [0.3, 0.4) is 0 Å². The summed E-state index contributed by atoms with van der Waals surface area (Å²) in [6.45, 7) is 6.69. The van der Waals surface area contributed by atoms with Crippen LogP contribution in [-0.4, -0.2) is 20.8 Å². The molecule has 0 radical (unpaired) electrons. The molecule has 0 saturated carbocycles. The molecule has 1 N–H and O–H groups in total. The van der Waals surface area contributed by atoms with Crippen LogP contribution in [0.1, 0.15) is 31.4 Å². The number of ether oxygens (including phenoxy) is 1. The zero-order valence-corrected chi connectivity index (χ0v) is 12.0. The summed E-state index contributed by atoms with van der Waals surface area (Å²) < 4.78 is 31.1. The van der Waals surface area contributed by atoms with Crippen LogP contribution in [0.4, 0.5) is 0 Å². The van der Waals surface area contributed by atoms with Crippen molar-refractivity contribution >= 4 is 10.0 Å². The normalized spacial score (nSPS) is 11.5. The first-order chi connectivity index (χ1) is 8.48. The fraction of sp³-hybridized carbons (Fsp3) is 0.538. The van der Waals surface area contributed by atoms with Crippen molar-refractivity contribution < 1.29 is 13.2 Å². The molecule has 0 bridgehead atoms. The maximum atomic E-state index is 11.5. The van der Waals surface area contributed by atoms with E-state index in [1.807, 2.05) is 39.0 Å². The first kappa shape index (κ1) is 15.0. The standard InChI is InChI=1S/C13H21NO3S/c1-4-8-18(15,16)14-10-12-6-7-13(17-5-2)11(3)9-12/h6-7,9,14H,4-5,8,10H2,1-3H3. The van der Waals surface area contributed by atoms with Gasteiger partial charge in [-0.2, -0.15) is 0 Å². The third kappa shape index (κ3) is 4.66. The van der Waals surface area contributed by atoms with Gasteiger partial charge in [0.25, 0.3) is 0 Å². The lowest BCUT2D eigenvalue weighted by Crippen LogP contribution is -2.25. The second-order valence-corrected chi connectivity index (χ2v) is 6.10. The van der Waals surface area contributed by atoms with Crippen molar-refractivity contribution in [2.75, 3.05) is 12.4 Å². The molecule has 0 unspecified atom stereocenters. The molecule has 0 fully saturated rings. The van der Waals surface area contributed by atoms with E-state index in [1.165, 1.54) is 0 Å². The molecule has 0 aliphatic carbocycles. The molecule has 0 atom stereocenters. The number of hydrogen-bond donors (Lipinski definition) is 1. The molecule has 0 spiro atoms. The maximum Gasteiger partial charge on any atom is 0.211 e. The van der Waals surface area contributed by atoms with Crippen LogP contribution in [0.5, 0.6) is 5.75 Å². The van der Waals surface area contributed by atoms with Crippen molar-refractivity contribution in [3.05, 3.63) is 29.3 Å². The number of sulfonamides is 1. The van der Waals surface area contributed by atoms with E-state index in [-0.39, 0.29) is 5.75 Å². The Labute approximate surface area is 109 Å². The van der Waals surface area contributed by atoms with E-state index < -0.39 is 10.0 Å². The highest BCUT2D eigenvalue weighted by Crippen LogP contribution is 2.19. The van der Waals surface area contributed by atoms with Gasteiger partial charge in [0.15, 0.2) is 0 Å². The highest BCUT2D eigenvalue weighted by atomic mass is 32.2. The predicted octanol–water partition coefficient (Wildman–Crippen LogP) is 2.22. The van der Waals surface area contributed by atoms with Gasteiger partial charge < -0.3 is 4.74 Å². The molecule has 0 aliphatic rings. The van der Waals surface area contributed by atoms with Gasteiger partial charge in [-0.05, 0) is 37.5 Å². The fourth-order valence-corrected chi connectivity index (χ4v) is 2.74. The van der Waals surface area contributed by atoms with Gasteiger partial charge in [-0.3, -0.25) is 0 Å². The van der Waals surface area contributed by atoms with Crippen LogP contribution in [0.2, 0.25) is 0 Å². The van der Waals surface area contributed by atoms with Crippen LogP contribution in [0, 0.1) is 6.92 Å². The molecule has 4 nitrogen and oxygen atoms in total. The Morgan fingerprint density at radius 2 is 2.00 bits per heavy atom. The molecular formula is C13H21NO3S. The summed E-state index contributed by atoms with van der Waals surface area (Å²) >= 11 is 0. The highest BCUT2D eigenvalue weighted by Gasteiger charge is 2.08. The molecule has 18 heavy (non-hydrogen) atoms. The summed E-state index contributed by atoms with van der Waals surface area (Å²) in [5.74, 6) is 1.01.